The third-order valence-electron chi connectivity index (χ3n) is 2.71. The predicted octanol–water partition coefficient (Wildman–Crippen LogP) is 2.33. The normalized spacial score (nSPS) is 10.3. The first-order chi connectivity index (χ1) is 9.26. The van der Waals surface area contributed by atoms with Gasteiger partial charge in [-0.15, -0.1) is 10.2 Å². The van der Waals surface area contributed by atoms with Crippen LogP contribution in [0.5, 0.6) is 17.4 Å². The number of nitrogens with zero attached hydrogens (tertiary/aromatic N) is 2. The molecule has 0 spiro atoms. The highest BCUT2D eigenvalue weighted by molar-refractivity contribution is 5.44. The number of aromatic nitrogens is 2. The molecule has 0 aliphatic rings. The summed E-state index contributed by atoms with van der Waals surface area (Å²) in [7, 11) is 1.60. The van der Waals surface area contributed by atoms with Crippen LogP contribution >= 0.6 is 0 Å². The molecule has 0 aliphatic heterocycles. The Balaban J connectivity index is 2.21. The Bertz CT molecular complexity index is 541. The van der Waals surface area contributed by atoms with E-state index < -0.39 is 0 Å². The molecule has 0 bridgehead atoms. The highest BCUT2D eigenvalue weighted by atomic mass is 16.5. The third-order valence-corrected chi connectivity index (χ3v) is 2.71. The average Bonchev–Trinajstić information content (AvgIpc) is 2.48. The molecule has 0 saturated carbocycles. The number of ether oxygens (including phenoxy) is 2. The van der Waals surface area contributed by atoms with E-state index >= 15 is 0 Å². The number of aliphatic hydroxyl groups is 1. The predicted molar refractivity (Wildman–Crippen MR) is 70.4 cm³/mol. The second kappa shape index (κ2) is 6.15. The van der Waals surface area contributed by atoms with E-state index in [0.29, 0.717) is 23.1 Å². The maximum Gasteiger partial charge on any atom is 0.239 e. The maximum absolute atomic E-state index is 8.89. The van der Waals surface area contributed by atoms with Crippen LogP contribution in [0.3, 0.4) is 0 Å². The molecule has 0 atom stereocenters. The number of aliphatic hydroxyl groups excluding tert-OH is 1. The van der Waals surface area contributed by atoms with E-state index in [1.165, 1.54) is 5.56 Å². The Kier molecular flexibility index (Phi) is 4.30. The molecule has 1 heterocycles. The van der Waals surface area contributed by atoms with Crippen LogP contribution < -0.4 is 9.47 Å². The van der Waals surface area contributed by atoms with E-state index in [-0.39, 0.29) is 6.61 Å². The SMILES string of the molecule is CCc1ccc(Oc2ccc(CO)nn2)c(OC)c1. The zero-order valence-corrected chi connectivity index (χ0v) is 11.0. The standard InChI is InChI=1S/C14H16N2O3/c1-3-10-4-6-12(13(8-10)18-2)19-14-7-5-11(9-17)15-16-14/h4-8,17H,3,9H2,1-2H3. The Morgan fingerprint density at radius 3 is 2.53 bits per heavy atom. The van der Waals surface area contributed by atoms with E-state index in [9.17, 15) is 0 Å². The number of hydrogen-bond donors (Lipinski definition) is 1. The van der Waals surface area contributed by atoms with Gasteiger partial charge in [0.2, 0.25) is 5.88 Å². The number of methoxy groups -OCH3 is 1. The Morgan fingerprint density at radius 2 is 1.95 bits per heavy atom. The van der Waals surface area contributed by atoms with Gasteiger partial charge in [-0.3, -0.25) is 0 Å². The molecule has 100 valence electrons. The number of aryl methyl sites for hydroxylation is 1. The Hall–Kier alpha value is -2.14. The fraction of sp³-hybridized carbons (Fsp3) is 0.286. The van der Waals surface area contributed by atoms with Crippen LogP contribution in [0.4, 0.5) is 0 Å². The molecular formula is C14H16N2O3. The summed E-state index contributed by atoms with van der Waals surface area (Å²) in [5, 5.41) is 16.6. The van der Waals surface area contributed by atoms with Gasteiger partial charge >= 0.3 is 0 Å². The van der Waals surface area contributed by atoms with Crippen molar-refractivity contribution in [2.24, 2.45) is 0 Å². The minimum absolute atomic E-state index is 0.137. The van der Waals surface area contributed by atoms with E-state index in [4.69, 9.17) is 14.6 Å². The summed E-state index contributed by atoms with van der Waals surface area (Å²) in [6, 6.07) is 9.08. The molecule has 0 amide bonds. The number of benzene rings is 1. The smallest absolute Gasteiger partial charge is 0.239 e. The van der Waals surface area contributed by atoms with E-state index in [1.54, 1.807) is 19.2 Å². The second-order valence-electron chi connectivity index (χ2n) is 3.96. The minimum Gasteiger partial charge on any atom is -0.493 e. The molecule has 0 aliphatic carbocycles. The Morgan fingerprint density at radius 1 is 1.11 bits per heavy atom. The number of rotatable bonds is 5. The molecule has 5 nitrogen and oxygen atoms in total. The van der Waals surface area contributed by atoms with Gasteiger partial charge in [0.15, 0.2) is 11.5 Å². The Labute approximate surface area is 111 Å². The van der Waals surface area contributed by atoms with Gasteiger partial charge in [-0.05, 0) is 30.2 Å². The maximum atomic E-state index is 8.89. The van der Waals surface area contributed by atoms with Crippen LogP contribution in [-0.4, -0.2) is 22.4 Å². The highest BCUT2D eigenvalue weighted by Gasteiger charge is 2.07. The summed E-state index contributed by atoms with van der Waals surface area (Å²) >= 11 is 0. The molecule has 1 aromatic carbocycles. The molecule has 1 aromatic heterocycles. The molecule has 0 radical (unpaired) electrons. The van der Waals surface area contributed by atoms with Crippen LogP contribution in [0.25, 0.3) is 0 Å². The lowest BCUT2D eigenvalue weighted by Crippen LogP contribution is -1.97. The summed E-state index contributed by atoms with van der Waals surface area (Å²) < 4.78 is 10.9. The van der Waals surface area contributed by atoms with E-state index in [1.807, 2.05) is 18.2 Å². The van der Waals surface area contributed by atoms with Crippen molar-refractivity contribution in [2.45, 2.75) is 20.0 Å². The average molecular weight is 260 g/mol. The summed E-state index contributed by atoms with van der Waals surface area (Å²) in [6.07, 6.45) is 0.932. The van der Waals surface area contributed by atoms with Gasteiger partial charge in [0.05, 0.1) is 19.4 Å². The van der Waals surface area contributed by atoms with E-state index in [2.05, 4.69) is 17.1 Å². The monoisotopic (exact) mass is 260 g/mol. The first-order valence-electron chi connectivity index (χ1n) is 6.05. The molecule has 19 heavy (non-hydrogen) atoms. The van der Waals surface area contributed by atoms with Crippen molar-refractivity contribution < 1.29 is 14.6 Å². The first kappa shape index (κ1) is 13.3. The van der Waals surface area contributed by atoms with Crippen LogP contribution in [-0.2, 0) is 13.0 Å². The lowest BCUT2D eigenvalue weighted by Gasteiger charge is -2.10. The second-order valence-corrected chi connectivity index (χ2v) is 3.96. The van der Waals surface area contributed by atoms with Crippen molar-refractivity contribution in [1.82, 2.24) is 10.2 Å². The van der Waals surface area contributed by atoms with Crippen molar-refractivity contribution in [1.29, 1.82) is 0 Å². The van der Waals surface area contributed by atoms with Crippen molar-refractivity contribution >= 4 is 0 Å². The van der Waals surface area contributed by atoms with Crippen LogP contribution in [0.2, 0.25) is 0 Å². The lowest BCUT2D eigenvalue weighted by molar-refractivity contribution is 0.274. The van der Waals surface area contributed by atoms with E-state index in [0.717, 1.165) is 6.42 Å². The van der Waals surface area contributed by atoms with Gasteiger partial charge in [-0.2, -0.15) is 0 Å². The molecule has 0 fully saturated rings. The molecular weight excluding hydrogens is 244 g/mol. The molecule has 0 unspecified atom stereocenters. The van der Waals surface area contributed by atoms with Crippen LogP contribution in [0.1, 0.15) is 18.2 Å². The van der Waals surface area contributed by atoms with Crippen molar-refractivity contribution in [2.75, 3.05) is 7.11 Å². The molecule has 1 N–H and O–H groups in total. The largest absolute Gasteiger partial charge is 0.493 e. The lowest BCUT2D eigenvalue weighted by atomic mass is 10.1. The van der Waals surface area contributed by atoms with Crippen molar-refractivity contribution in [3.05, 3.63) is 41.6 Å². The van der Waals surface area contributed by atoms with Gasteiger partial charge in [0.25, 0.3) is 0 Å². The quantitative estimate of drug-likeness (QED) is 0.893. The third kappa shape index (κ3) is 3.20. The number of hydrogen-bond acceptors (Lipinski definition) is 5. The topological polar surface area (TPSA) is 64.5 Å². The minimum atomic E-state index is -0.137. The van der Waals surface area contributed by atoms with Crippen molar-refractivity contribution in [3.8, 4) is 17.4 Å². The highest BCUT2D eigenvalue weighted by Crippen LogP contribution is 2.31. The zero-order chi connectivity index (χ0) is 13.7. The van der Waals surface area contributed by atoms with Crippen molar-refractivity contribution in [3.63, 3.8) is 0 Å². The molecule has 2 rings (SSSR count). The first-order valence-corrected chi connectivity index (χ1v) is 6.05. The molecule has 2 aromatic rings. The van der Waals surface area contributed by atoms with Crippen LogP contribution in [0, 0.1) is 0 Å². The van der Waals surface area contributed by atoms with Gasteiger partial charge < -0.3 is 14.6 Å². The summed E-state index contributed by atoms with van der Waals surface area (Å²) in [5.41, 5.74) is 1.67. The summed E-state index contributed by atoms with van der Waals surface area (Å²) in [5.74, 6) is 1.61. The van der Waals surface area contributed by atoms with Gasteiger partial charge in [-0.25, -0.2) is 0 Å². The van der Waals surface area contributed by atoms with Gasteiger partial charge in [0, 0.05) is 6.07 Å². The molecule has 0 saturated heterocycles. The zero-order valence-electron chi connectivity index (χ0n) is 11.0. The van der Waals surface area contributed by atoms with Gasteiger partial charge in [0.1, 0.15) is 0 Å². The summed E-state index contributed by atoms with van der Waals surface area (Å²) in [4.78, 5) is 0. The fourth-order valence-electron chi connectivity index (χ4n) is 1.62. The van der Waals surface area contributed by atoms with Gasteiger partial charge in [-0.1, -0.05) is 13.0 Å². The summed E-state index contributed by atoms with van der Waals surface area (Å²) in [6.45, 7) is 1.94. The fourth-order valence-corrected chi connectivity index (χ4v) is 1.62. The molecule has 5 heteroatoms. The van der Waals surface area contributed by atoms with Crippen LogP contribution in [0.15, 0.2) is 30.3 Å².